The number of thiazole rings is 1. The van der Waals surface area contributed by atoms with Crippen LogP contribution < -0.4 is 10.1 Å². The normalized spacial score (nSPS) is 10.4. The van der Waals surface area contributed by atoms with E-state index in [1.807, 2.05) is 38.1 Å². The van der Waals surface area contributed by atoms with Crippen molar-refractivity contribution in [3.05, 3.63) is 40.8 Å². The molecule has 94 valence electrons. The van der Waals surface area contributed by atoms with Crippen LogP contribution in [0.25, 0.3) is 0 Å². The van der Waals surface area contributed by atoms with Gasteiger partial charge in [0, 0.05) is 17.3 Å². The Bertz CT molecular complexity index is 506. The highest BCUT2D eigenvalue weighted by molar-refractivity contribution is 7.11. The molecule has 0 bridgehead atoms. The topological polar surface area (TPSA) is 51.2 Å². The van der Waals surface area contributed by atoms with E-state index in [2.05, 4.69) is 10.3 Å². The van der Waals surface area contributed by atoms with Gasteiger partial charge in [0.25, 0.3) is 5.91 Å². The Morgan fingerprint density at radius 2 is 2.06 bits per heavy atom. The maximum absolute atomic E-state index is 11.7. The van der Waals surface area contributed by atoms with Crippen molar-refractivity contribution in [3.8, 4) is 5.75 Å². The number of nitrogens with zero attached hydrogens (tertiary/aromatic N) is 1. The van der Waals surface area contributed by atoms with E-state index in [0.29, 0.717) is 5.01 Å². The van der Waals surface area contributed by atoms with E-state index in [0.717, 1.165) is 11.4 Å². The number of benzene rings is 1. The predicted molar refractivity (Wildman–Crippen MR) is 72.3 cm³/mol. The maximum Gasteiger partial charge on any atom is 0.284 e. The highest BCUT2D eigenvalue weighted by Gasteiger charge is 2.08. The lowest BCUT2D eigenvalue weighted by atomic mass is 10.3. The van der Waals surface area contributed by atoms with Crippen LogP contribution in [0.15, 0.2) is 35.8 Å². The molecule has 0 fully saturated rings. The summed E-state index contributed by atoms with van der Waals surface area (Å²) in [5.74, 6) is 0.597. The number of amides is 1. The zero-order valence-corrected chi connectivity index (χ0v) is 11.0. The van der Waals surface area contributed by atoms with Gasteiger partial charge in [0.2, 0.25) is 0 Å². The van der Waals surface area contributed by atoms with Gasteiger partial charge in [-0.2, -0.15) is 0 Å². The quantitative estimate of drug-likeness (QED) is 0.920. The van der Waals surface area contributed by atoms with Gasteiger partial charge in [0.05, 0.1) is 6.10 Å². The summed E-state index contributed by atoms with van der Waals surface area (Å²) in [6.45, 7) is 3.94. The van der Waals surface area contributed by atoms with Gasteiger partial charge in [-0.1, -0.05) is 0 Å². The van der Waals surface area contributed by atoms with Crippen molar-refractivity contribution < 1.29 is 9.53 Å². The molecule has 18 heavy (non-hydrogen) atoms. The number of ether oxygens (including phenoxy) is 1. The molecule has 1 amide bonds. The fourth-order valence-corrected chi connectivity index (χ4v) is 1.94. The number of rotatable bonds is 4. The molecule has 2 rings (SSSR count). The van der Waals surface area contributed by atoms with Crippen LogP contribution in [0, 0.1) is 0 Å². The molecule has 0 aliphatic heterocycles. The van der Waals surface area contributed by atoms with Crippen molar-refractivity contribution >= 4 is 22.9 Å². The third kappa shape index (κ3) is 3.30. The summed E-state index contributed by atoms with van der Waals surface area (Å²) in [6, 6.07) is 7.28. The minimum Gasteiger partial charge on any atom is -0.491 e. The standard InChI is InChI=1S/C13H14N2O2S/c1-9(2)17-11-5-3-10(4-6-11)15-12(16)13-14-7-8-18-13/h3-9H,1-2H3,(H,15,16). The van der Waals surface area contributed by atoms with Gasteiger partial charge in [-0.3, -0.25) is 4.79 Å². The van der Waals surface area contributed by atoms with Crippen LogP contribution >= 0.6 is 11.3 Å². The second-order valence-electron chi connectivity index (χ2n) is 3.98. The molecule has 0 radical (unpaired) electrons. The number of carbonyl (C=O) groups is 1. The van der Waals surface area contributed by atoms with Crippen LogP contribution in [-0.2, 0) is 0 Å². The number of nitrogens with one attached hydrogen (secondary N) is 1. The number of carbonyl (C=O) groups excluding carboxylic acids is 1. The Morgan fingerprint density at radius 3 is 2.61 bits per heavy atom. The minimum atomic E-state index is -0.192. The van der Waals surface area contributed by atoms with Gasteiger partial charge in [0.1, 0.15) is 5.75 Å². The molecular formula is C13H14N2O2S. The molecule has 0 atom stereocenters. The van der Waals surface area contributed by atoms with Gasteiger partial charge >= 0.3 is 0 Å². The number of anilines is 1. The average Bonchev–Trinajstić information content (AvgIpc) is 2.84. The third-order valence-electron chi connectivity index (χ3n) is 2.11. The van der Waals surface area contributed by atoms with Crippen LogP contribution in [-0.4, -0.2) is 17.0 Å². The first-order valence-corrected chi connectivity index (χ1v) is 6.50. The summed E-state index contributed by atoms with van der Waals surface area (Å²) < 4.78 is 5.52. The SMILES string of the molecule is CC(C)Oc1ccc(NC(=O)c2nccs2)cc1. The van der Waals surface area contributed by atoms with Gasteiger partial charge in [0.15, 0.2) is 5.01 Å². The van der Waals surface area contributed by atoms with E-state index in [9.17, 15) is 4.79 Å². The molecular weight excluding hydrogens is 248 g/mol. The van der Waals surface area contributed by atoms with Crippen molar-refractivity contribution in [2.24, 2.45) is 0 Å². The fraction of sp³-hybridized carbons (Fsp3) is 0.231. The van der Waals surface area contributed by atoms with E-state index >= 15 is 0 Å². The largest absolute Gasteiger partial charge is 0.491 e. The fourth-order valence-electron chi connectivity index (χ4n) is 1.41. The number of hydrogen-bond acceptors (Lipinski definition) is 4. The van der Waals surface area contributed by atoms with Gasteiger partial charge < -0.3 is 10.1 Å². The first-order chi connectivity index (χ1) is 8.65. The highest BCUT2D eigenvalue weighted by Crippen LogP contribution is 2.17. The predicted octanol–water partition coefficient (Wildman–Crippen LogP) is 3.18. The lowest BCUT2D eigenvalue weighted by Crippen LogP contribution is -2.11. The van der Waals surface area contributed by atoms with Crippen LogP contribution in [0.2, 0.25) is 0 Å². The second kappa shape index (κ2) is 5.64. The minimum absolute atomic E-state index is 0.140. The zero-order chi connectivity index (χ0) is 13.0. The molecule has 0 saturated carbocycles. The van der Waals surface area contributed by atoms with Crippen LogP contribution in [0.1, 0.15) is 23.6 Å². The molecule has 0 aliphatic rings. The molecule has 0 saturated heterocycles. The van der Waals surface area contributed by atoms with E-state index in [-0.39, 0.29) is 12.0 Å². The summed E-state index contributed by atoms with van der Waals surface area (Å²) in [6.07, 6.45) is 1.75. The van der Waals surface area contributed by atoms with Crippen molar-refractivity contribution in [3.63, 3.8) is 0 Å². The molecule has 0 aliphatic carbocycles. The maximum atomic E-state index is 11.7. The number of aromatic nitrogens is 1. The van der Waals surface area contributed by atoms with Crippen LogP contribution in [0.4, 0.5) is 5.69 Å². The van der Waals surface area contributed by atoms with E-state index in [4.69, 9.17) is 4.74 Å². The van der Waals surface area contributed by atoms with Crippen molar-refractivity contribution in [2.45, 2.75) is 20.0 Å². The summed E-state index contributed by atoms with van der Waals surface area (Å²) in [4.78, 5) is 15.7. The van der Waals surface area contributed by atoms with E-state index in [1.54, 1.807) is 11.6 Å². The van der Waals surface area contributed by atoms with E-state index in [1.165, 1.54) is 11.3 Å². The molecule has 5 heteroatoms. The molecule has 1 N–H and O–H groups in total. The lowest BCUT2D eigenvalue weighted by Gasteiger charge is -2.10. The Balaban J connectivity index is 2.00. The average molecular weight is 262 g/mol. The number of hydrogen-bond donors (Lipinski definition) is 1. The summed E-state index contributed by atoms with van der Waals surface area (Å²) in [5, 5.41) is 5.01. The highest BCUT2D eigenvalue weighted by atomic mass is 32.1. The molecule has 0 spiro atoms. The van der Waals surface area contributed by atoms with Crippen LogP contribution in [0.3, 0.4) is 0 Å². The second-order valence-corrected chi connectivity index (χ2v) is 4.88. The Kier molecular flexibility index (Phi) is 3.94. The van der Waals surface area contributed by atoms with Crippen molar-refractivity contribution in [1.82, 2.24) is 4.98 Å². The Hall–Kier alpha value is -1.88. The zero-order valence-electron chi connectivity index (χ0n) is 10.2. The van der Waals surface area contributed by atoms with Gasteiger partial charge in [-0.05, 0) is 38.1 Å². The molecule has 0 unspecified atom stereocenters. The van der Waals surface area contributed by atoms with Gasteiger partial charge in [-0.25, -0.2) is 4.98 Å². The smallest absolute Gasteiger partial charge is 0.284 e. The van der Waals surface area contributed by atoms with Crippen LogP contribution in [0.5, 0.6) is 5.75 Å². The summed E-state index contributed by atoms with van der Waals surface area (Å²) in [7, 11) is 0. The molecule has 1 aromatic carbocycles. The third-order valence-corrected chi connectivity index (χ3v) is 2.88. The van der Waals surface area contributed by atoms with E-state index < -0.39 is 0 Å². The Labute approximate surface area is 110 Å². The summed E-state index contributed by atoms with van der Waals surface area (Å²) >= 11 is 1.31. The summed E-state index contributed by atoms with van der Waals surface area (Å²) in [5.41, 5.74) is 0.728. The lowest BCUT2D eigenvalue weighted by molar-refractivity contribution is 0.102. The van der Waals surface area contributed by atoms with Crippen molar-refractivity contribution in [1.29, 1.82) is 0 Å². The Morgan fingerprint density at radius 1 is 1.33 bits per heavy atom. The van der Waals surface area contributed by atoms with Gasteiger partial charge in [-0.15, -0.1) is 11.3 Å². The molecule has 2 aromatic rings. The molecule has 1 heterocycles. The monoisotopic (exact) mass is 262 g/mol. The first kappa shape index (κ1) is 12.6. The molecule has 4 nitrogen and oxygen atoms in total. The first-order valence-electron chi connectivity index (χ1n) is 5.62. The van der Waals surface area contributed by atoms with Crippen molar-refractivity contribution in [2.75, 3.05) is 5.32 Å². The molecule has 1 aromatic heterocycles.